The summed E-state index contributed by atoms with van der Waals surface area (Å²) in [5, 5.41) is 10.8. The number of nitrogens with zero attached hydrogens (tertiary/aromatic N) is 2. The number of hydrogen-bond donors (Lipinski definition) is 1. The molecule has 2 atom stereocenters. The Labute approximate surface area is 154 Å². The number of carbonyl (C=O) groups excluding carboxylic acids is 1. The van der Waals surface area contributed by atoms with Crippen molar-refractivity contribution >= 4 is 5.91 Å². The molecule has 144 valence electrons. The predicted molar refractivity (Wildman–Crippen MR) is 99.5 cm³/mol. The topological polar surface area (TPSA) is 71.8 Å². The average Bonchev–Trinajstić information content (AvgIpc) is 2.60. The molecule has 3 rings (SSSR count). The van der Waals surface area contributed by atoms with Crippen LogP contribution in [0.5, 0.6) is 0 Å². The maximum atomic E-state index is 13.2. The van der Waals surface area contributed by atoms with Crippen LogP contribution in [0, 0.1) is 19.8 Å². The molecule has 6 heteroatoms. The van der Waals surface area contributed by atoms with Crippen LogP contribution in [-0.4, -0.2) is 52.9 Å². The molecule has 1 aromatic rings. The van der Waals surface area contributed by atoms with Crippen molar-refractivity contribution in [1.29, 1.82) is 0 Å². The van der Waals surface area contributed by atoms with Gasteiger partial charge in [0.05, 0.1) is 12.2 Å². The number of aliphatic hydroxyl groups is 1. The molecule has 0 unspecified atom stereocenters. The molecule has 1 N–H and O–H groups in total. The Kier molecular flexibility index (Phi) is 5.53. The second kappa shape index (κ2) is 7.53. The summed E-state index contributed by atoms with van der Waals surface area (Å²) < 4.78 is 6.71. The summed E-state index contributed by atoms with van der Waals surface area (Å²) in [6, 6.07) is 1.89. The van der Waals surface area contributed by atoms with Crippen molar-refractivity contribution in [2.75, 3.05) is 26.8 Å². The quantitative estimate of drug-likeness (QED) is 0.888. The number of pyridine rings is 1. The number of hydrogen-bond acceptors (Lipinski definition) is 4. The van der Waals surface area contributed by atoms with E-state index in [1.54, 1.807) is 16.6 Å². The van der Waals surface area contributed by atoms with E-state index < -0.39 is 5.60 Å². The highest BCUT2D eigenvalue weighted by atomic mass is 16.5. The first-order chi connectivity index (χ1) is 12.4. The lowest BCUT2D eigenvalue weighted by Crippen LogP contribution is -2.55. The number of likely N-dealkylation sites (tertiary alicyclic amines) is 1. The van der Waals surface area contributed by atoms with Gasteiger partial charge in [-0.15, -0.1) is 0 Å². The van der Waals surface area contributed by atoms with Gasteiger partial charge in [0.2, 0.25) is 0 Å². The van der Waals surface area contributed by atoms with Crippen LogP contribution in [0.4, 0.5) is 0 Å². The zero-order chi connectivity index (χ0) is 18.9. The van der Waals surface area contributed by atoms with E-state index >= 15 is 0 Å². The Hall–Kier alpha value is -1.66. The van der Waals surface area contributed by atoms with E-state index in [0.717, 1.165) is 36.9 Å². The summed E-state index contributed by atoms with van der Waals surface area (Å²) in [5.41, 5.74) is 0.940. The van der Waals surface area contributed by atoms with E-state index in [1.165, 1.54) is 0 Å². The SMILES string of the molecule is COCCn1c(C)cc(C)c(C(=O)N2CC[C@@]3(O)CCCC[C@H]3C2)c1=O. The summed E-state index contributed by atoms with van der Waals surface area (Å²) in [6.45, 7) is 5.61. The molecule has 0 aromatic carbocycles. The molecular weight excluding hydrogens is 332 g/mol. The minimum Gasteiger partial charge on any atom is -0.389 e. The molecule has 1 aliphatic heterocycles. The lowest BCUT2D eigenvalue weighted by molar-refractivity contribution is -0.0886. The highest BCUT2D eigenvalue weighted by Gasteiger charge is 2.44. The number of fused-ring (bicyclic) bond motifs is 1. The number of methoxy groups -OCH3 is 1. The molecule has 2 fully saturated rings. The van der Waals surface area contributed by atoms with Crippen LogP contribution < -0.4 is 5.56 Å². The van der Waals surface area contributed by atoms with Gasteiger partial charge in [0.1, 0.15) is 5.56 Å². The van der Waals surface area contributed by atoms with Crippen molar-refractivity contribution in [1.82, 2.24) is 9.47 Å². The number of piperidine rings is 1. The number of ether oxygens (including phenoxy) is 1. The number of aromatic nitrogens is 1. The first-order valence-corrected chi connectivity index (χ1v) is 9.59. The van der Waals surface area contributed by atoms with Crippen molar-refractivity contribution in [3.05, 3.63) is 33.2 Å². The predicted octanol–water partition coefficient (Wildman–Crippen LogP) is 1.88. The maximum absolute atomic E-state index is 13.2. The normalized spacial score (nSPS) is 25.8. The number of aryl methyl sites for hydroxylation is 2. The molecule has 1 saturated carbocycles. The lowest BCUT2D eigenvalue weighted by Gasteiger charge is -2.47. The molecule has 0 bridgehead atoms. The van der Waals surface area contributed by atoms with Gasteiger partial charge in [-0.05, 0) is 44.7 Å². The van der Waals surface area contributed by atoms with Gasteiger partial charge in [-0.3, -0.25) is 9.59 Å². The molecule has 1 aliphatic carbocycles. The maximum Gasteiger partial charge on any atom is 0.263 e. The van der Waals surface area contributed by atoms with E-state index in [9.17, 15) is 14.7 Å². The van der Waals surface area contributed by atoms with E-state index in [4.69, 9.17) is 4.74 Å². The van der Waals surface area contributed by atoms with Crippen molar-refractivity contribution in [2.24, 2.45) is 5.92 Å². The van der Waals surface area contributed by atoms with E-state index in [0.29, 0.717) is 32.7 Å². The van der Waals surface area contributed by atoms with Gasteiger partial charge in [-0.2, -0.15) is 0 Å². The fourth-order valence-electron chi connectivity index (χ4n) is 4.56. The second-order valence-corrected chi connectivity index (χ2v) is 7.84. The summed E-state index contributed by atoms with van der Waals surface area (Å²) in [6.07, 6.45) is 4.54. The summed E-state index contributed by atoms with van der Waals surface area (Å²) >= 11 is 0. The van der Waals surface area contributed by atoms with Crippen LogP contribution in [0.3, 0.4) is 0 Å². The molecule has 6 nitrogen and oxygen atoms in total. The fraction of sp³-hybridized carbons (Fsp3) is 0.700. The van der Waals surface area contributed by atoms with E-state index in [-0.39, 0.29) is 22.9 Å². The van der Waals surface area contributed by atoms with Gasteiger partial charge in [0.15, 0.2) is 0 Å². The molecule has 26 heavy (non-hydrogen) atoms. The molecule has 2 aliphatic rings. The smallest absolute Gasteiger partial charge is 0.263 e. The minimum atomic E-state index is -0.629. The zero-order valence-electron chi connectivity index (χ0n) is 16.1. The lowest BCUT2D eigenvalue weighted by atomic mass is 9.71. The Morgan fingerprint density at radius 2 is 2.12 bits per heavy atom. The standard InChI is InChI=1S/C20H30N2O4/c1-14-12-15(2)22(10-11-26-3)19(24)17(14)18(23)21-9-8-20(25)7-5-4-6-16(20)13-21/h12,16,25H,4-11,13H2,1-3H3/t16-,20-/m0/s1. The molecule has 1 saturated heterocycles. The Bertz CT molecular complexity index is 742. The first kappa shape index (κ1) is 19.1. The third kappa shape index (κ3) is 3.45. The third-order valence-corrected chi connectivity index (χ3v) is 6.15. The van der Waals surface area contributed by atoms with Crippen molar-refractivity contribution in [2.45, 2.75) is 58.1 Å². The van der Waals surface area contributed by atoms with Gasteiger partial charge >= 0.3 is 0 Å². The fourth-order valence-corrected chi connectivity index (χ4v) is 4.56. The van der Waals surface area contributed by atoms with Gasteiger partial charge < -0.3 is 19.3 Å². The van der Waals surface area contributed by atoms with Crippen LogP contribution in [-0.2, 0) is 11.3 Å². The molecular formula is C20H30N2O4. The minimum absolute atomic E-state index is 0.121. The highest BCUT2D eigenvalue weighted by Crippen LogP contribution is 2.40. The van der Waals surface area contributed by atoms with Crippen LogP contribution in [0.25, 0.3) is 0 Å². The number of amides is 1. The van der Waals surface area contributed by atoms with Gasteiger partial charge in [-0.25, -0.2) is 0 Å². The van der Waals surface area contributed by atoms with Crippen LogP contribution in [0.2, 0.25) is 0 Å². The Morgan fingerprint density at radius 3 is 2.85 bits per heavy atom. The van der Waals surface area contributed by atoms with E-state index in [2.05, 4.69) is 0 Å². The largest absolute Gasteiger partial charge is 0.389 e. The zero-order valence-corrected chi connectivity index (χ0v) is 16.1. The Balaban J connectivity index is 1.87. The Morgan fingerprint density at radius 1 is 1.35 bits per heavy atom. The molecule has 0 radical (unpaired) electrons. The first-order valence-electron chi connectivity index (χ1n) is 9.59. The van der Waals surface area contributed by atoms with Crippen molar-refractivity contribution in [3.63, 3.8) is 0 Å². The van der Waals surface area contributed by atoms with Gasteiger partial charge in [0.25, 0.3) is 11.5 Å². The van der Waals surface area contributed by atoms with Crippen LogP contribution >= 0.6 is 0 Å². The summed E-state index contributed by atoms with van der Waals surface area (Å²) in [7, 11) is 1.60. The third-order valence-electron chi connectivity index (χ3n) is 6.15. The highest BCUT2D eigenvalue weighted by molar-refractivity contribution is 5.95. The van der Waals surface area contributed by atoms with Gasteiger partial charge in [-0.1, -0.05) is 12.8 Å². The molecule has 2 heterocycles. The molecule has 1 aromatic heterocycles. The average molecular weight is 362 g/mol. The summed E-state index contributed by atoms with van der Waals surface area (Å²) in [5.74, 6) is -0.0817. The number of carbonyl (C=O) groups is 1. The monoisotopic (exact) mass is 362 g/mol. The molecule has 1 amide bonds. The van der Waals surface area contributed by atoms with Crippen LogP contribution in [0.15, 0.2) is 10.9 Å². The van der Waals surface area contributed by atoms with E-state index in [1.807, 2.05) is 19.9 Å². The van der Waals surface area contributed by atoms with Crippen molar-refractivity contribution in [3.8, 4) is 0 Å². The van der Waals surface area contributed by atoms with Gasteiger partial charge in [0, 0.05) is 38.4 Å². The summed E-state index contributed by atoms with van der Waals surface area (Å²) in [4.78, 5) is 27.9. The van der Waals surface area contributed by atoms with Crippen molar-refractivity contribution < 1.29 is 14.6 Å². The second-order valence-electron chi connectivity index (χ2n) is 7.84. The molecule has 0 spiro atoms. The number of rotatable bonds is 4. The van der Waals surface area contributed by atoms with Crippen LogP contribution in [0.1, 0.15) is 53.7 Å².